The van der Waals surface area contributed by atoms with Crippen molar-refractivity contribution < 1.29 is 4.74 Å². The minimum absolute atomic E-state index is 0.554. The molecular weight excluding hydrogens is 304 g/mol. The summed E-state index contributed by atoms with van der Waals surface area (Å²) in [5.41, 5.74) is 3.47. The third-order valence-corrected chi connectivity index (χ3v) is 4.07. The fourth-order valence-electron chi connectivity index (χ4n) is 2.46. The quantitative estimate of drug-likeness (QED) is 0.922. The molecule has 0 unspecified atom stereocenters. The van der Waals surface area contributed by atoms with Gasteiger partial charge in [0.2, 0.25) is 17.8 Å². The summed E-state index contributed by atoms with van der Waals surface area (Å²) in [6.07, 6.45) is 0. The lowest BCUT2D eigenvalue weighted by Gasteiger charge is -2.27. The molecule has 24 heavy (non-hydrogen) atoms. The highest BCUT2D eigenvalue weighted by atomic mass is 16.5. The van der Waals surface area contributed by atoms with Gasteiger partial charge in [-0.25, -0.2) is 0 Å². The van der Waals surface area contributed by atoms with Gasteiger partial charge in [-0.1, -0.05) is 6.07 Å². The first kappa shape index (κ1) is 16.4. The molecule has 0 aliphatic carbocycles. The highest BCUT2D eigenvalue weighted by Gasteiger charge is 2.17. The Morgan fingerprint density at radius 3 is 2.46 bits per heavy atom. The Labute approximate surface area is 142 Å². The number of anilines is 4. The van der Waals surface area contributed by atoms with Crippen LogP contribution in [0.25, 0.3) is 0 Å². The second kappa shape index (κ2) is 7.00. The SMILES string of the molecule is Cc1ccc(Nc2nc(N(C)C)nc(N3CCOCC3)n2)cc1C. The number of aryl methyl sites for hydroxylation is 2. The molecule has 1 saturated heterocycles. The first-order valence-electron chi connectivity index (χ1n) is 8.13. The summed E-state index contributed by atoms with van der Waals surface area (Å²) < 4.78 is 5.41. The van der Waals surface area contributed by atoms with Crippen LogP contribution >= 0.6 is 0 Å². The van der Waals surface area contributed by atoms with E-state index in [4.69, 9.17) is 4.74 Å². The van der Waals surface area contributed by atoms with Gasteiger partial charge < -0.3 is 19.9 Å². The zero-order chi connectivity index (χ0) is 17.1. The maximum absolute atomic E-state index is 5.41. The van der Waals surface area contributed by atoms with Crippen LogP contribution in [0.4, 0.5) is 23.5 Å². The Morgan fingerprint density at radius 2 is 1.79 bits per heavy atom. The number of ether oxygens (including phenoxy) is 1. The topological polar surface area (TPSA) is 66.4 Å². The van der Waals surface area contributed by atoms with Gasteiger partial charge in [-0.2, -0.15) is 15.0 Å². The molecular formula is C17H24N6O. The van der Waals surface area contributed by atoms with E-state index in [0.717, 1.165) is 18.8 Å². The Morgan fingerprint density at radius 1 is 1.04 bits per heavy atom. The molecule has 2 heterocycles. The molecule has 0 bridgehead atoms. The van der Waals surface area contributed by atoms with Gasteiger partial charge in [0, 0.05) is 32.9 Å². The Kier molecular flexibility index (Phi) is 4.80. The molecule has 1 N–H and O–H groups in total. The van der Waals surface area contributed by atoms with Gasteiger partial charge in [-0.3, -0.25) is 0 Å². The third-order valence-electron chi connectivity index (χ3n) is 4.07. The van der Waals surface area contributed by atoms with Crippen molar-refractivity contribution in [2.75, 3.05) is 55.5 Å². The van der Waals surface area contributed by atoms with Gasteiger partial charge in [0.25, 0.3) is 0 Å². The van der Waals surface area contributed by atoms with Gasteiger partial charge >= 0.3 is 0 Å². The van der Waals surface area contributed by atoms with E-state index in [1.54, 1.807) is 0 Å². The maximum Gasteiger partial charge on any atom is 0.233 e. The molecule has 1 aromatic carbocycles. The van der Waals surface area contributed by atoms with Crippen LogP contribution in [0.1, 0.15) is 11.1 Å². The van der Waals surface area contributed by atoms with Crippen LogP contribution in [-0.4, -0.2) is 55.4 Å². The lowest BCUT2D eigenvalue weighted by Crippen LogP contribution is -2.37. The number of rotatable bonds is 4. The summed E-state index contributed by atoms with van der Waals surface area (Å²) in [4.78, 5) is 17.7. The van der Waals surface area contributed by atoms with Crippen molar-refractivity contribution >= 4 is 23.5 Å². The molecule has 0 spiro atoms. The molecule has 7 heteroatoms. The summed E-state index contributed by atoms with van der Waals surface area (Å²) in [5.74, 6) is 1.87. The molecule has 1 aliphatic heterocycles. The van der Waals surface area contributed by atoms with Crippen molar-refractivity contribution in [1.82, 2.24) is 15.0 Å². The van der Waals surface area contributed by atoms with E-state index >= 15 is 0 Å². The number of hydrogen-bond acceptors (Lipinski definition) is 7. The molecule has 0 radical (unpaired) electrons. The van der Waals surface area contributed by atoms with E-state index in [-0.39, 0.29) is 0 Å². The minimum Gasteiger partial charge on any atom is -0.378 e. The first-order chi connectivity index (χ1) is 11.5. The van der Waals surface area contributed by atoms with Gasteiger partial charge in [-0.15, -0.1) is 0 Å². The van der Waals surface area contributed by atoms with Crippen LogP contribution in [0.3, 0.4) is 0 Å². The molecule has 0 atom stereocenters. The predicted octanol–water partition coefficient (Wildman–Crippen LogP) is 2.13. The second-order valence-electron chi connectivity index (χ2n) is 6.18. The van der Waals surface area contributed by atoms with E-state index in [1.165, 1.54) is 11.1 Å². The van der Waals surface area contributed by atoms with Crippen LogP contribution in [-0.2, 0) is 4.74 Å². The van der Waals surface area contributed by atoms with Crippen molar-refractivity contribution in [2.45, 2.75) is 13.8 Å². The van der Waals surface area contributed by atoms with E-state index in [9.17, 15) is 0 Å². The van der Waals surface area contributed by atoms with Crippen LogP contribution in [0.5, 0.6) is 0 Å². The third kappa shape index (κ3) is 3.73. The summed E-state index contributed by atoms with van der Waals surface area (Å²) in [6, 6.07) is 6.23. The molecule has 0 saturated carbocycles. The van der Waals surface area contributed by atoms with Crippen LogP contribution < -0.4 is 15.1 Å². The van der Waals surface area contributed by atoms with Crippen LogP contribution in [0, 0.1) is 13.8 Å². The van der Waals surface area contributed by atoms with Gasteiger partial charge in [0.05, 0.1) is 13.2 Å². The fraction of sp³-hybridized carbons (Fsp3) is 0.471. The van der Waals surface area contributed by atoms with E-state index in [0.29, 0.717) is 31.1 Å². The number of nitrogens with zero attached hydrogens (tertiary/aromatic N) is 5. The second-order valence-corrected chi connectivity index (χ2v) is 6.18. The van der Waals surface area contributed by atoms with Crippen molar-refractivity contribution in [3.63, 3.8) is 0 Å². The van der Waals surface area contributed by atoms with E-state index in [2.05, 4.69) is 51.1 Å². The lowest BCUT2D eigenvalue weighted by molar-refractivity contribution is 0.122. The molecule has 3 rings (SSSR count). The molecule has 1 aliphatic rings. The lowest BCUT2D eigenvalue weighted by atomic mass is 10.1. The number of hydrogen-bond donors (Lipinski definition) is 1. The monoisotopic (exact) mass is 328 g/mol. The fourth-order valence-corrected chi connectivity index (χ4v) is 2.46. The minimum atomic E-state index is 0.554. The zero-order valence-electron chi connectivity index (χ0n) is 14.7. The maximum atomic E-state index is 5.41. The van der Waals surface area contributed by atoms with Gasteiger partial charge in [0.1, 0.15) is 0 Å². The number of morpholine rings is 1. The van der Waals surface area contributed by atoms with Crippen molar-refractivity contribution in [2.24, 2.45) is 0 Å². The Hall–Kier alpha value is -2.41. The molecule has 1 aromatic heterocycles. The van der Waals surface area contributed by atoms with Crippen molar-refractivity contribution in [3.05, 3.63) is 29.3 Å². The number of benzene rings is 1. The standard InChI is InChI=1S/C17H24N6O/c1-12-5-6-14(11-13(12)2)18-15-19-16(22(3)4)21-17(20-15)23-7-9-24-10-8-23/h5-6,11H,7-10H2,1-4H3,(H,18,19,20,21). The molecule has 7 nitrogen and oxygen atoms in total. The normalized spacial score (nSPS) is 14.6. The van der Waals surface area contributed by atoms with Crippen LogP contribution in [0.2, 0.25) is 0 Å². The largest absolute Gasteiger partial charge is 0.378 e. The molecule has 1 fully saturated rings. The average molecular weight is 328 g/mol. The average Bonchev–Trinajstić information content (AvgIpc) is 2.59. The number of aromatic nitrogens is 3. The van der Waals surface area contributed by atoms with E-state index < -0.39 is 0 Å². The van der Waals surface area contributed by atoms with Gasteiger partial charge in [-0.05, 0) is 37.1 Å². The Balaban J connectivity index is 1.90. The first-order valence-corrected chi connectivity index (χ1v) is 8.13. The highest BCUT2D eigenvalue weighted by Crippen LogP contribution is 2.21. The van der Waals surface area contributed by atoms with E-state index in [1.807, 2.05) is 25.1 Å². The highest BCUT2D eigenvalue weighted by molar-refractivity contribution is 5.58. The predicted molar refractivity (Wildman–Crippen MR) is 96.4 cm³/mol. The summed E-state index contributed by atoms with van der Waals surface area (Å²) in [6.45, 7) is 7.17. The molecule has 2 aromatic rings. The molecule has 0 amide bonds. The summed E-state index contributed by atoms with van der Waals surface area (Å²) in [5, 5.41) is 3.30. The smallest absolute Gasteiger partial charge is 0.233 e. The summed E-state index contributed by atoms with van der Waals surface area (Å²) in [7, 11) is 3.86. The van der Waals surface area contributed by atoms with Gasteiger partial charge in [0.15, 0.2) is 0 Å². The zero-order valence-corrected chi connectivity index (χ0v) is 14.7. The Bertz CT molecular complexity index is 712. The number of nitrogens with one attached hydrogen (secondary N) is 1. The molecule has 128 valence electrons. The summed E-state index contributed by atoms with van der Waals surface area (Å²) >= 11 is 0. The van der Waals surface area contributed by atoms with Crippen LogP contribution in [0.15, 0.2) is 18.2 Å². The van der Waals surface area contributed by atoms with Crippen molar-refractivity contribution in [3.8, 4) is 0 Å². The van der Waals surface area contributed by atoms with Crippen molar-refractivity contribution in [1.29, 1.82) is 0 Å².